The zero-order valence-corrected chi connectivity index (χ0v) is 14.9. The number of rotatable bonds is 3. The van der Waals surface area contributed by atoms with Gasteiger partial charge >= 0.3 is 6.03 Å². The minimum atomic E-state index is -2.85. The van der Waals surface area contributed by atoms with Gasteiger partial charge in [-0.05, 0) is 24.5 Å². The second-order valence-corrected chi connectivity index (χ2v) is 8.89. The second kappa shape index (κ2) is 7.11. The largest absolute Gasteiger partial charge is 0.334 e. The van der Waals surface area contributed by atoms with E-state index >= 15 is 0 Å². The summed E-state index contributed by atoms with van der Waals surface area (Å²) in [5, 5.41) is 2.98. The molecule has 1 atom stereocenters. The minimum absolute atomic E-state index is 0.0445. The monoisotopic (exact) mass is 351 g/mol. The third-order valence-corrected chi connectivity index (χ3v) is 6.77. The quantitative estimate of drug-likeness (QED) is 0.882. The molecule has 0 aliphatic carbocycles. The van der Waals surface area contributed by atoms with E-state index in [0.29, 0.717) is 25.4 Å². The molecular weight excluding hydrogens is 326 g/mol. The summed E-state index contributed by atoms with van der Waals surface area (Å²) in [5.74, 6) is 0.571. The molecule has 1 aromatic rings. The van der Waals surface area contributed by atoms with Crippen molar-refractivity contribution in [1.29, 1.82) is 0 Å². The first-order chi connectivity index (χ1) is 11.4. The lowest BCUT2D eigenvalue weighted by atomic mass is 10.1. The molecule has 2 aliphatic rings. The van der Waals surface area contributed by atoms with Crippen molar-refractivity contribution >= 4 is 15.9 Å². The fourth-order valence-corrected chi connectivity index (χ4v) is 5.21. The van der Waals surface area contributed by atoms with Crippen molar-refractivity contribution in [2.24, 2.45) is 0 Å². The van der Waals surface area contributed by atoms with E-state index in [4.69, 9.17) is 0 Å². The molecule has 0 radical (unpaired) electrons. The number of urea groups is 1. The third-order valence-electron chi connectivity index (χ3n) is 5.02. The Morgan fingerprint density at radius 2 is 1.92 bits per heavy atom. The number of carbonyl (C=O) groups is 1. The maximum Gasteiger partial charge on any atom is 0.317 e. The van der Waals surface area contributed by atoms with Gasteiger partial charge in [0.05, 0.1) is 11.5 Å². The Hall–Kier alpha value is -1.60. The summed E-state index contributed by atoms with van der Waals surface area (Å²) in [7, 11) is -2.85. The maximum atomic E-state index is 12.3. The van der Waals surface area contributed by atoms with Gasteiger partial charge in [-0.1, -0.05) is 24.3 Å². The summed E-state index contributed by atoms with van der Waals surface area (Å²) < 4.78 is 23.2. The predicted molar refractivity (Wildman–Crippen MR) is 93.6 cm³/mol. The van der Waals surface area contributed by atoms with Gasteiger partial charge in [-0.25, -0.2) is 13.2 Å². The number of hydrogen-bond acceptors (Lipinski definition) is 4. The fraction of sp³-hybridized carbons (Fsp3) is 0.588. The van der Waals surface area contributed by atoms with Crippen LogP contribution in [0.5, 0.6) is 0 Å². The number of hydrogen-bond donors (Lipinski definition) is 1. The Morgan fingerprint density at radius 3 is 2.54 bits per heavy atom. The number of sulfone groups is 1. The molecule has 2 amide bonds. The summed E-state index contributed by atoms with van der Waals surface area (Å²) in [5.41, 5.74) is 2.30. The fourth-order valence-electron chi connectivity index (χ4n) is 3.44. The van der Waals surface area contributed by atoms with Crippen LogP contribution in [-0.2, 0) is 16.4 Å². The highest BCUT2D eigenvalue weighted by atomic mass is 32.2. The van der Waals surface area contributed by atoms with Crippen molar-refractivity contribution < 1.29 is 13.2 Å². The van der Waals surface area contributed by atoms with Crippen LogP contribution in [0, 0.1) is 6.92 Å². The molecule has 2 heterocycles. The number of benzene rings is 1. The molecule has 1 aromatic carbocycles. The summed E-state index contributed by atoms with van der Waals surface area (Å²) in [6, 6.07) is 8.11. The normalized spacial score (nSPS) is 24.0. The van der Waals surface area contributed by atoms with Gasteiger partial charge < -0.3 is 10.2 Å². The zero-order chi connectivity index (χ0) is 17.2. The van der Waals surface area contributed by atoms with E-state index in [-0.39, 0.29) is 17.8 Å². The summed E-state index contributed by atoms with van der Waals surface area (Å²) in [6.45, 7) is 5.37. The molecular formula is C17H25N3O3S. The highest BCUT2D eigenvalue weighted by molar-refractivity contribution is 7.91. The molecule has 6 nitrogen and oxygen atoms in total. The lowest BCUT2D eigenvalue weighted by Crippen LogP contribution is -2.54. The van der Waals surface area contributed by atoms with E-state index < -0.39 is 9.84 Å². The van der Waals surface area contributed by atoms with Gasteiger partial charge in [-0.15, -0.1) is 0 Å². The molecule has 2 aliphatic heterocycles. The van der Waals surface area contributed by atoms with Gasteiger partial charge in [0.2, 0.25) is 0 Å². The number of amides is 2. The minimum Gasteiger partial charge on any atom is -0.334 e. The highest BCUT2D eigenvalue weighted by Crippen LogP contribution is 2.19. The van der Waals surface area contributed by atoms with Crippen LogP contribution < -0.4 is 5.32 Å². The SMILES string of the molecule is Cc1ccccc1CNC(=O)N1CCN(C2CCS(=O)(=O)C2)CC1. The summed E-state index contributed by atoms with van der Waals surface area (Å²) in [6.07, 6.45) is 0.724. The Labute approximate surface area is 143 Å². The molecule has 132 valence electrons. The molecule has 1 N–H and O–H groups in total. The zero-order valence-electron chi connectivity index (χ0n) is 14.1. The van der Waals surface area contributed by atoms with Crippen LogP contribution in [-0.4, -0.2) is 68.0 Å². The Bertz CT molecular complexity index is 697. The Morgan fingerprint density at radius 1 is 1.21 bits per heavy atom. The summed E-state index contributed by atoms with van der Waals surface area (Å²) >= 11 is 0. The van der Waals surface area contributed by atoms with Crippen molar-refractivity contribution in [2.45, 2.75) is 25.9 Å². The van der Waals surface area contributed by atoms with Gasteiger partial charge in [-0.3, -0.25) is 4.90 Å². The van der Waals surface area contributed by atoms with E-state index in [1.165, 1.54) is 5.56 Å². The summed E-state index contributed by atoms with van der Waals surface area (Å²) in [4.78, 5) is 16.3. The lowest BCUT2D eigenvalue weighted by molar-refractivity contribution is 0.115. The number of carbonyl (C=O) groups excluding carboxylic acids is 1. The molecule has 0 spiro atoms. The molecule has 2 fully saturated rings. The van der Waals surface area contributed by atoms with Crippen LogP contribution >= 0.6 is 0 Å². The van der Waals surface area contributed by atoms with Crippen LogP contribution in [0.2, 0.25) is 0 Å². The molecule has 0 bridgehead atoms. The average Bonchev–Trinajstić information content (AvgIpc) is 2.94. The topological polar surface area (TPSA) is 69.7 Å². The number of nitrogens with one attached hydrogen (secondary N) is 1. The predicted octanol–water partition coefficient (Wildman–Crippen LogP) is 1.01. The molecule has 0 aromatic heterocycles. The van der Waals surface area contributed by atoms with Crippen LogP contribution in [0.4, 0.5) is 4.79 Å². The number of aryl methyl sites for hydroxylation is 1. The molecule has 7 heteroatoms. The van der Waals surface area contributed by atoms with Gasteiger partial charge in [0.15, 0.2) is 9.84 Å². The highest BCUT2D eigenvalue weighted by Gasteiger charge is 2.34. The average molecular weight is 351 g/mol. The molecule has 1 unspecified atom stereocenters. The molecule has 0 saturated carbocycles. The van der Waals surface area contributed by atoms with E-state index in [2.05, 4.69) is 10.2 Å². The van der Waals surface area contributed by atoms with Crippen molar-refractivity contribution in [3.05, 3.63) is 35.4 Å². The van der Waals surface area contributed by atoms with Crippen LogP contribution in [0.1, 0.15) is 17.5 Å². The standard InChI is InChI=1S/C17H25N3O3S/c1-14-4-2-3-5-15(14)12-18-17(21)20-9-7-19(8-10-20)16-6-11-24(22,23)13-16/h2-5,16H,6-13H2,1H3,(H,18,21). The van der Waals surface area contributed by atoms with E-state index in [0.717, 1.165) is 25.1 Å². The van der Waals surface area contributed by atoms with Crippen LogP contribution in [0.15, 0.2) is 24.3 Å². The molecule has 24 heavy (non-hydrogen) atoms. The van der Waals surface area contributed by atoms with Crippen molar-refractivity contribution in [1.82, 2.24) is 15.1 Å². The molecule has 3 rings (SSSR count). The molecule has 2 saturated heterocycles. The van der Waals surface area contributed by atoms with E-state index in [1.54, 1.807) is 0 Å². The number of piperazine rings is 1. The Kier molecular flexibility index (Phi) is 5.10. The first kappa shape index (κ1) is 17.2. The first-order valence-corrected chi connectivity index (χ1v) is 10.3. The van der Waals surface area contributed by atoms with Gasteiger partial charge in [0, 0.05) is 38.8 Å². The van der Waals surface area contributed by atoms with Gasteiger partial charge in [0.1, 0.15) is 0 Å². The third kappa shape index (κ3) is 4.08. The Balaban J connectivity index is 1.46. The van der Waals surface area contributed by atoms with Crippen LogP contribution in [0.3, 0.4) is 0 Å². The van der Waals surface area contributed by atoms with Crippen molar-refractivity contribution in [3.63, 3.8) is 0 Å². The lowest BCUT2D eigenvalue weighted by Gasteiger charge is -2.37. The second-order valence-electron chi connectivity index (χ2n) is 6.67. The maximum absolute atomic E-state index is 12.3. The van der Waals surface area contributed by atoms with Crippen LogP contribution in [0.25, 0.3) is 0 Å². The van der Waals surface area contributed by atoms with Crippen molar-refractivity contribution in [3.8, 4) is 0 Å². The van der Waals surface area contributed by atoms with Gasteiger partial charge in [-0.2, -0.15) is 0 Å². The van der Waals surface area contributed by atoms with Crippen molar-refractivity contribution in [2.75, 3.05) is 37.7 Å². The smallest absolute Gasteiger partial charge is 0.317 e. The number of nitrogens with zero attached hydrogens (tertiary/aromatic N) is 2. The first-order valence-electron chi connectivity index (χ1n) is 8.46. The van der Waals surface area contributed by atoms with E-state index in [9.17, 15) is 13.2 Å². The van der Waals surface area contributed by atoms with Gasteiger partial charge in [0.25, 0.3) is 0 Å². The van der Waals surface area contributed by atoms with E-state index in [1.807, 2.05) is 36.1 Å².